The van der Waals surface area contributed by atoms with Gasteiger partial charge in [0.15, 0.2) is 0 Å². The maximum absolute atomic E-state index is 5.91. The van der Waals surface area contributed by atoms with Crippen LogP contribution in [-0.4, -0.2) is 39.1 Å². The molecule has 0 heterocycles. The van der Waals surface area contributed by atoms with Crippen molar-refractivity contribution in [2.24, 2.45) is 0 Å². The third-order valence-corrected chi connectivity index (χ3v) is 2.37. The third-order valence-electron chi connectivity index (χ3n) is 2.13. The maximum Gasteiger partial charge on any atom is 0.0426 e. The first-order valence-electron chi connectivity index (χ1n) is 4.71. The normalized spacial score (nSPS) is 10.6. The van der Waals surface area contributed by atoms with E-state index in [0.29, 0.717) is 0 Å². The topological polar surface area (TPSA) is 6.48 Å². The zero-order valence-electron chi connectivity index (χ0n) is 9.00. The molecular weight excluding hydrogens is 196 g/mol. The summed E-state index contributed by atoms with van der Waals surface area (Å²) in [6.07, 6.45) is 0. The lowest BCUT2D eigenvalue weighted by molar-refractivity contribution is 0.416. The monoisotopic (exact) mass is 212 g/mol. The van der Waals surface area contributed by atoms with E-state index in [9.17, 15) is 0 Å². The molecule has 0 fully saturated rings. The Balaban J connectivity index is 2.56. The molecule has 0 aliphatic rings. The van der Waals surface area contributed by atoms with Crippen LogP contribution in [0.5, 0.6) is 0 Å². The highest BCUT2D eigenvalue weighted by molar-refractivity contribution is 6.30. The fourth-order valence-corrected chi connectivity index (χ4v) is 1.38. The van der Waals surface area contributed by atoms with Gasteiger partial charge in [0.25, 0.3) is 0 Å². The summed E-state index contributed by atoms with van der Waals surface area (Å²) in [6.45, 7) is 2.05. The van der Waals surface area contributed by atoms with Gasteiger partial charge in [-0.1, -0.05) is 17.7 Å². The van der Waals surface area contributed by atoms with Gasteiger partial charge < -0.3 is 9.80 Å². The van der Waals surface area contributed by atoms with E-state index in [4.69, 9.17) is 11.6 Å². The van der Waals surface area contributed by atoms with Crippen LogP contribution in [0.25, 0.3) is 0 Å². The lowest BCUT2D eigenvalue weighted by Crippen LogP contribution is -2.28. The Bertz CT molecular complexity index is 286. The van der Waals surface area contributed by atoms with Gasteiger partial charge in [-0.05, 0) is 32.3 Å². The van der Waals surface area contributed by atoms with E-state index in [2.05, 4.69) is 37.0 Å². The Morgan fingerprint density at radius 3 is 2.43 bits per heavy atom. The minimum absolute atomic E-state index is 0.791. The van der Waals surface area contributed by atoms with Crippen molar-refractivity contribution in [3.05, 3.63) is 29.3 Å². The molecule has 0 spiro atoms. The van der Waals surface area contributed by atoms with Gasteiger partial charge in [0, 0.05) is 30.8 Å². The summed E-state index contributed by atoms with van der Waals surface area (Å²) in [6, 6.07) is 7.92. The van der Waals surface area contributed by atoms with Crippen LogP contribution in [0.4, 0.5) is 5.69 Å². The molecule has 78 valence electrons. The van der Waals surface area contributed by atoms with Crippen molar-refractivity contribution in [2.45, 2.75) is 0 Å². The van der Waals surface area contributed by atoms with Crippen molar-refractivity contribution in [3.63, 3.8) is 0 Å². The highest BCUT2D eigenvalue weighted by atomic mass is 35.5. The summed E-state index contributed by atoms with van der Waals surface area (Å²) in [5.74, 6) is 0. The number of nitrogens with zero attached hydrogens (tertiary/aromatic N) is 2. The third kappa shape index (κ3) is 3.56. The van der Waals surface area contributed by atoms with Crippen molar-refractivity contribution >= 4 is 17.3 Å². The summed E-state index contributed by atoms with van der Waals surface area (Å²) >= 11 is 5.91. The lowest BCUT2D eigenvalue weighted by atomic mass is 10.3. The Labute approximate surface area is 91.1 Å². The highest BCUT2D eigenvalue weighted by Gasteiger charge is 2.01. The first-order valence-corrected chi connectivity index (χ1v) is 5.09. The second kappa shape index (κ2) is 5.23. The summed E-state index contributed by atoms with van der Waals surface area (Å²) in [4.78, 5) is 4.37. The maximum atomic E-state index is 5.91. The van der Waals surface area contributed by atoms with Gasteiger partial charge in [0.2, 0.25) is 0 Å². The van der Waals surface area contributed by atoms with Crippen LogP contribution < -0.4 is 4.90 Å². The molecular formula is C11H17ClN2. The standard InChI is InChI=1S/C11H17ClN2/c1-13(2)7-8-14(3)11-6-4-5-10(12)9-11/h4-6,9H,7-8H2,1-3H3. The number of rotatable bonds is 4. The molecule has 0 aliphatic carbocycles. The Morgan fingerprint density at radius 2 is 1.86 bits per heavy atom. The molecule has 0 aromatic heterocycles. The highest BCUT2D eigenvalue weighted by Crippen LogP contribution is 2.17. The predicted molar refractivity (Wildman–Crippen MR) is 63.3 cm³/mol. The van der Waals surface area contributed by atoms with Gasteiger partial charge in [-0.25, -0.2) is 0 Å². The quantitative estimate of drug-likeness (QED) is 0.756. The smallest absolute Gasteiger partial charge is 0.0426 e. The molecule has 0 unspecified atom stereocenters. The van der Waals surface area contributed by atoms with Crippen LogP contribution in [0, 0.1) is 0 Å². The first kappa shape index (κ1) is 11.3. The number of hydrogen-bond donors (Lipinski definition) is 0. The van der Waals surface area contributed by atoms with Crippen molar-refractivity contribution in [1.82, 2.24) is 4.90 Å². The summed E-state index contributed by atoms with van der Waals surface area (Å²) in [7, 11) is 6.23. The second-order valence-corrected chi connectivity index (χ2v) is 4.14. The Morgan fingerprint density at radius 1 is 1.14 bits per heavy atom. The molecule has 0 bridgehead atoms. The van der Waals surface area contributed by atoms with Gasteiger partial charge in [0.1, 0.15) is 0 Å². The molecule has 0 radical (unpaired) electrons. The van der Waals surface area contributed by atoms with Gasteiger partial charge in [-0.2, -0.15) is 0 Å². The average Bonchev–Trinajstić information content (AvgIpc) is 2.14. The van der Waals surface area contributed by atoms with Gasteiger partial charge >= 0.3 is 0 Å². The predicted octanol–water partition coefficient (Wildman–Crippen LogP) is 2.34. The molecule has 0 N–H and O–H groups in total. The molecule has 0 amide bonds. The van der Waals surface area contributed by atoms with Gasteiger partial charge in [-0.3, -0.25) is 0 Å². The number of halogens is 1. The van der Waals surface area contributed by atoms with E-state index < -0.39 is 0 Å². The zero-order valence-corrected chi connectivity index (χ0v) is 9.75. The Kier molecular flexibility index (Phi) is 4.23. The molecule has 3 heteroatoms. The van der Waals surface area contributed by atoms with E-state index in [-0.39, 0.29) is 0 Å². The summed E-state index contributed by atoms with van der Waals surface area (Å²) < 4.78 is 0. The summed E-state index contributed by atoms with van der Waals surface area (Å²) in [5, 5.41) is 0.791. The van der Waals surface area contributed by atoms with E-state index in [1.54, 1.807) is 0 Å². The van der Waals surface area contributed by atoms with Crippen LogP contribution in [0.15, 0.2) is 24.3 Å². The second-order valence-electron chi connectivity index (χ2n) is 3.70. The van der Waals surface area contributed by atoms with E-state index >= 15 is 0 Å². The van der Waals surface area contributed by atoms with Crippen LogP contribution in [0.3, 0.4) is 0 Å². The lowest BCUT2D eigenvalue weighted by Gasteiger charge is -2.21. The average molecular weight is 213 g/mol. The van der Waals surface area contributed by atoms with Crippen LogP contribution in [-0.2, 0) is 0 Å². The van der Waals surface area contributed by atoms with Crippen molar-refractivity contribution in [2.75, 3.05) is 39.1 Å². The fourth-order valence-electron chi connectivity index (χ4n) is 1.19. The van der Waals surface area contributed by atoms with E-state index in [1.165, 1.54) is 5.69 Å². The van der Waals surface area contributed by atoms with Crippen molar-refractivity contribution < 1.29 is 0 Å². The zero-order chi connectivity index (χ0) is 10.6. The van der Waals surface area contributed by atoms with Crippen LogP contribution in [0.1, 0.15) is 0 Å². The molecule has 1 aromatic carbocycles. The van der Waals surface area contributed by atoms with Crippen molar-refractivity contribution in [1.29, 1.82) is 0 Å². The molecule has 1 rings (SSSR count). The number of likely N-dealkylation sites (N-methyl/N-ethyl adjacent to an activating group) is 2. The molecule has 0 saturated heterocycles. The van der Waals surface area contributed by atoms with Gasteiger partial charge in [-0.15, -0.1) is 0 Å². The summed E-state index contributed by atoms with van der Waals surface area (Å²) in [5.41, 5.74) is 1.17. The molecule has 0 aliphatic heterocycles. The van der Waals surface area contributed by atoms with E-state index in [0.717, 1.165) is 18.1 Å². The SMILES string of the molecule is CN(C)CCN(C)c1cccc(Cl)c1. The first-order chi connectivity index (χ1) is 6.59. The van der Waals surface area contributed by atoms with Crippen molar-refractivity contribution in [3.8, 4) is 0 Å². The largest absolute Gasteiger partial charge is 0.373 e. The minimum atomic E-state index is 0.791. The van der Waals surface area contributed by atoms with Gasteiger partial charge in [0.05, 0.1) is 0 Å². The minimum Gasteiger partial charge on any atom is -0.373 e. The number of anilines is 1. The number of benzene rings is 1. The molecule has 0 atom stereocenters. The fraction of sp³-hybridized carbons (Fsp3) is 0.455. The van der Waals surface area contributed by atoms with E-state index in [1.807, 2.05) is 18.2 Å². The molecule has 0 saturated carbocycles. The van der Waals surface area contributed by atoms with Crippen LogP contribution in [0.2, 0.25) is 5.02 Å². The molecule has 2 nitrogen and oxygen atoms in total. The molecule has 14 heavy (non-hydrogen) atoms. The van der Waals surface area contributed by atoms with Crippen LogP contribution >= 0.6 is 11.6 Å². The number of hydrogen-bond acceptors (Lipinski definition) is 2. The molecule has 1 aromatic rings. The Hall–Kier alpha value is -0.730.